The zero-order valence-corrected chi connectivity index (χ0v) is 11.5. The summed E-state index contributed by atoms with van der Waals surface area (Å²) in [5.74, 6) is 1.02. The van der Waals surface area contributed by atoms with E-state index in [9.17, 15) is 0 Å². The van der Waals surface area contributed by atoms with Crippen LogP contribution in [0.2, 0.25) is 15.1 Å². The number of hydrogen-bond donors (Lipinski definition) is 1. The largest absolute Gasteiger partial charge is 0.437 e. The van der Waals surface area contributed by atoms with Crippen LogP contribution in [0.5, 0.6) is 11.6 Å². The van der Waals surface area contributed by atoms with Gasteiger partial charge in [-0.1, -0.05) is 34.8 Å². The standard InChI is InChI=1S/C11H8Cl3N3O/c1-5-10(15)16-4-17-11(5)18-9-3-7(13)6(12)2-8(9)14/h2-4H,1H3,(H2,15,16,17). The highest BCUT2D eigenvalue weighted by Crippen LogP contribution is 2.36. The van der Waals surface area contributed by atoms with Gasteiger partial charge in [0.2, 0.25) is 5.88 Å². The second kappa shape index (κ2) is 5.18. The Kier molecular flexibility index (Phi) is 3.80. The number of hydrogen-bond acceptors (Lipinski definition) is 4. The molecule has 1 aromatic carbocycles. The molecular weight excluding hydrogens is 296 g/mol. The molecule has 0 saturated carbocycles. The molecule has 2 aromatic rings. The molecule has 0 spiro atoms. The monoisotopic (exact) mass is 303 g/mol. The molecule has 0 unspecified atom stereocenters. The van der Waals surface area contributed by atoms with Gasteiger partial charge in [0.05, 0.1) is 20.6 Å². The molecule has 0 radical (unpaired) electrons. The molecule has 7 heteroatoms. The third-order valence-electron chi connectivity index (χ3n) is 2.26. The number of aromatic nitrogens is 2. The quantitative estimate of drug-likeness (QED) is 0.848. The van der Waals surface area contributed by atoms with Crippen LogP contribution in [0.4, 0.5) is 5.82 Å². The van der Waals surface area contributed by atoms with Crippen LogP contribution in [0.15, 0.2) is 18.5 Å². The fourth-order valence-corrected chi connectivity index (χ4v) is 1.81. The van der Waals surface area contributed by atoms with Crippen LogP contribution in [0.1, 0.15) is 5.56 Å². The topological polar surface area (TPSA) is 61.0 Å². The van der Waals surface area contributed by atoms with Gasteiger partial charge in [0, 0.05) is 6.07 Å². The van der Waals surface area contributed by atoms with Crippen LogP contribution in [0.3, 0.4) is 0 Å². The summed E-state index contributed by atoms with van der Waals surface area (Å²) in [5.41, 5.74) is 6.28. The normalized spacial score (nSPS) is 10.4. The molecule has 94 valence electrons. The Labute approximate surface area is 119 Å². The van der Waals surface area contributed by atoms with E-state index in [1.807, 2.05) is 0 Å². The Hall–Kier alpha value is -1.23. The molecule has 0 aliphatic heterocycles. The van der Waals surface area contributed by atoms with Crippen molar-refractivity contribution in [2.45, 2.75) is 6.92 Å². The third-order valence-corrected chi connectivity index (χ3v) is 3.28. The molecule has 0 saturated heterocycles. The van der Waals surface area contributed by atoms with Crippen LogP contribution in [-0.2, 0) is 0 Å². The number of rotatable bonds is 2. The molecule has 2 N–H and O–H groups in total. The molecular formula is C11H8Cl3N3O. The fourth-order valence-electron chi connectivity index (χ4n) is 1.24. The van der Waals surface area contributed by atoms with Crippen molar-refractivity contribution in [2.24, 2.45) is 0 Å². The molecule has 0 fully saturated rings. The predicted molar refractivity (Wildman–Crippen MR) is 72.7 cm³/mol. The summed E-state index contributed by atoms with van der Waals surface area (Å²) in [6.07, 6.45) is 1.31. The smallest absolute Gasteiger partial charge is 0.227 e. The molecule has 1 heterocycles. The predicted octanol–water partition coefficient (Wildman–Crippen LogP) is 4.12. The van der Waals surface area contributed by atoms with Crippen LogP contribution >= 0.6 is 34.8 Å². The molecule has 0 atom stereocenters. The minimum absolute atomic E-state index is 0.322. The Morgan fingerprint density at radius 3 is 2.44 bits per heavy atom. The van der Waals surface area contributed by atoms with Crippen molar-refractivity contribution in [3.05, 3.63) is 39.1 Å². The summed E-state index contributed by atoms with van der Waals surface area (Å²) in [6.45, 7) is 1.75. The van der Waals surface area contributed by atoms with Gasteiger partial charge >= 0.3 is 0 Å². The first-order valence-electron chi connectivity index (χ1n) is 4.88. The number of benzene rings is 1. The van der Waals surface area contributed by atoms with E-state index in [-0.39, 0.29) is 0 Å². The average Bonchev–Trinajstić information content (AvgIpc) is 2.32. The minimum atomic E-state index is 0.322. The lowest BCUT2D eigenvalue weighted by atomic mass is 10.3. The van der Waals surface area contributed by atoms with Gasteiger partial charge in [0.25, 0.3) is 0 Å². The summed E-state index contributed by atoms with van der Waals surface area (Å²) in [4.78, 5) is 7.82. The second-order valence-corrected chi connectivity index (χ2v) is 4.71. The van der Waals surface area contributed by atoms with Crippen molar-refractivity contribution >= 4 is 40.6 Å². The van der Waals surface area contributed by atoms with Gasteiger partial charge in [0.1, 0.15) is 17.9 Å². The summed E-state index contributed by atoms with van der Waals surface area (Å²) in [5, 5.41) is 1.03. The summed E-state index contributed by atoms with van der Waals surface area (Å²) < 4.78 is 5.55. The van der Waals surface area contributed by atoms with Gasteiger partial charge in [-0.25, -0.2) is 9.97 Å². The van der Waals surface area contributed by atoms with Crippen LogP contribution < -0.4 is 10.5 Å². The number of anilines is 1. The van der Waals surface area contributed by atoms with Gasteiger partial charge in [-0.3, -0.25) is 0 Å². The first kappa shape index (κ1) is 13.2. The summed E-state index contributed by atoms with van der Waals surface area (Å²) >= 11 is 17.7. The average molecular weight is 305 g/mol. The second-order valence-electron chi connectivity index (χ2n) is 3.49. The fraction of sp³-hybridized carbons (Fsp3) is 0.0909. The number of nitrogen functional groups attached to an aromatic ring is 1. The number of halogens is 3. The molecule has 2 rings (SSSR count). The highest BCUT2D eigenvalue weighted by molar-refractivity contribution is 6.43. The van der Waals surface area contributed by atoms with Crippen molar-refractivity contribution in [1.82, 2.24) is 9.97 Å². The first-order valence-corrected chi connectivity index (χ1v) is 6.02. The van der Waals surface area contributed by atoms with Crippen molar-refractivity contribution < 1.29 is 4.74 Å². The van der Waals surface area contributed by atoms with Gasteiger partial charge in [0.15, 0.2) is 0 Å². The zero-order valence-electron chi connectivity index (χ0n) is 9.25. The molecule has 4 nitrogen and oxygen atoms in total. The van der Waals surface area contributed by atoms with Gasteiger partial charge in [-0.2, -0.15) is 0 Å². The van der Waals surface area contributed by atoms with Crippen LogP contribution in [0, 0.1) is 6.92 Å². The number of nitrogens with two attached hydrogens (primary N) is 1. The van der Waals surface area contributed by atoms with Gasteiger partial charge in [-0.05, 0) is 13.0 Å². The third kappa shape index (κ3) is 2.61. The van der Waals surface area contributed by atoms with E-state index in [1.165, 1.54) is 18.5 Å². The highest BCUT2D eigenvalue weighted by atomic mass is 35.5. The van der Waals surface area contributed by atoms with E-state index in [0.717, 1.165) is 0 Å². The number of ether oxygens (including phenoxy) is 1. The van der Waals surface area contributed by atoms with Crippen LogP contribution in [-0.4, -0.2) is 9.97 Å². The molecule has 18 heavy (non-hydrogen) atoms. The maximum absolute atomic E-state index is 6.00. The summed E-state index contributed by atoms with van der Waals surface area (Å²) in [7, 11) is 0. The maximum Gasteiger partial charge on any atom is 0.227 e. The molecule has 0 aliphatic carbocycles. The lowest BCUT2D eigenvalue weighted by Gasteiger charge is -2.10. The Morgan fingerprint density at radius 1 is 1.06 bits per heavy atom. The Morgan fingerprint density at radius 2 is 1.72 bits per heavy atom. The van der Waals surface area contributed by atoms with Crippen molar-refractivity contribution in [2.75, 3.05) is 5.73 Å². The van der Waals surface area contributed by atoms with Gasteiger partial charge < -0.3 is 10.5 Å². The zero-order chi connectivity index (χ0) is 13.3. The minimum Gasteiger partial charge on any atom is -0.437 e. The van der Waals surface area contributed by atoms with E-state index in [2.05, 4.69) is 9.97 Å². The Bertz CT molecular complexity index is 604. The highest BCUT2D eigenvalue weighted by Gasteiger charge is 2.11. The lowest BCUT2D eigenvalue weighted by molar-refractivity contribution is 0.458. The van der Waals surface area contributed by atoms with E-state index in [0.29, 0.717) is 38.1 Å². The van der Waals surface area contributed by atoms with E-state index < -0.39 is 0 Å². The Balaban J connectivity index is 2.40. The summed E-state index contributed by atoms with van der Waals surface area (Å²) in [6, 6.07) is 3.02. The van der Waals surface area contributed by atoms with Crippen molar-refractivity contribution in [3.8, 4) is 11.6 Å². The first-order chi connectivity index (χ1) is 8.49. The molecule has 0 aliphatic rings. The van der Waals surface area contributed by atoms with Crippen molar-refractivity contribution in [1.29, 1.82) is 0 Å². The maximum atomic E-state index is 6.00. The van der Waals surface area contributed by atoms with Crippen molar-refractivity contribution in [3.63, 3.8) is 0 Å². The number of nitrogens with zero attached hydrogens (tertiary/aromatic N) is 2. The van der Waals surface area contributed by atoms with Gasteiger partial charge in [-0.15, -0.1) is 0 Å². The van der Waals surface area contributed by atoms with E-state index in [1.54, 1.807) is 6.92 Å². The lowest BCUT2D eigenvalue weighted by Crippen LogP contribution is -1.99. The SMILES string of the molecule is Cc1c(N)ncnc1Oc1cc(Cl)c(Cl)cc1Cl. The van der Waals surface area contributed by atoms with E-state index in [4.69, 9.17) is 45.3 Å². The molecule has 0 amide bonds. The van der Waals surface area contributed by atoms with E-state index >= 15 is 0 Å². The molecule has 0 bridgehead atoms. The molecule has 1 aromatic heterocycles. The van der Waals surface area contributed by atoms with Crippen LogP contribution in [0.25, 0.3) is 0 Å².